The SMILES string of the molecule is Clc1cccc(OC2CN([C@H]3CCCOC3)C2)c1. The van der Waals surface area contributed by atoms with E-state index in [9.17, 15) is 0 Å². The number of nitrogens with zero attached hydrogens (tertiary/aromatic N) is 1. The molecule has 1 aromatic rings. The van der Waals surface area contributed by atoms with Crippen molar-refractivity contribution in [3.63, 3.8) is 0 Å². The highest BCUT2D eigenvalue weighted by atomic mass is 35.5. The molecule has 18 heavy (non-hydrogen) atoms. The van der Waals surface area contributed by atoms with Gasteiger partial charge in [0.05, 0.1) is 6.61 Å². The predicted molar refractivity (Wildman–Crippen MR) is 71.3 cm³/mol. The highest BCUT2D eigenvalue weighted by Crippen LogP contribution is 2.24. The maximum atomic E-state index is 5.93. The van der Waals surface area contributed by atoms with Crippen molar-refractivity contribution in [1.82, 2.24) is 4.90 Å². The van der Waals surface area contributed by atoms with Crippen molar-refractivity contribution in [2.24, 2.45) is 0 Å². The van der Waals surface area contributed by atoms with Crippen LogP contribution in [-0.2, 0) is 4.74 Å². The molecule has 2 aliphatic rings. The van der Waals surface area contributed by atoms with E-state index in [1.807, 2.05) is 24.3 Å². The van der Waals surface area contributed by atoms with Gasteiger partial charge in [-0.2, -0.15) is 0 Å². The molecule has 2 aliphatic heterocycles. The van der Waals surface area contributed by atoms with E-state index >= 15 is 0 Å². The normalized spacial score (nSPS) is 25.7. The molecular weight excluding hydrogens is 250 g/mol. The molecule has 0 saturated carbocycles. The zero-order valence-electron chi connectivity index (χ0n) is 10.3. The maximum absolute atomic E-state index is 5.93. The standard InChI is InChI=1S/C14H18ClNO2/c15-11-3-1-5-13(7-11)18-14-8-16(9-14)12-4-2-6-17-10-12/h1,3,5,7,12,14H,2,4,6,8-10H2/t12-/m0/s1. The molecule has 0 unspecified atom stereocenters. The van der Waals surface area contributed by atoms with Crippen molar-refractivity contribution in [3.05, 3.63) is 29.3 Å². The predicted octanol–water partition coefficient (Wildman–Crippen LogP) is 2.58. The van der Waals surface area contributed by atoms with Gasteiger partial charge in [-0.15, -0.1) is 0 Å². The summed E-state index contributed by atoms with van der Waals surface area (Å²) in [7, 11) is 0. The summed E-state index contributed by atoms with van der Waals surface area (Å²) < 4.78 is 11.4. The number of ether oxygens (including phenoxy) is 2. The summed E-state index contributed by atoms with van der Waals surface area (Å²) in [6.45, 7) is 3.80. The monoisotopic (exact) mass is 267 g/mol. The summed E-state index contributed by atoms with van der Waals surface area (Å²) in [5, 5.41) is 0.726. The van der Waals surface area contributed by atoms with Crippen LogP contribution in [0.5, 0.6) is 5.75 Å². The van der Waals surface area contributed by atoms with E-state index in [-0.39, 0.29) is 0 Å². The van der Waals surface area contributed by atoms with Crippen LogP contribution in [0.4, 0.5) is 0 Å². The minimum atomic E-state index is 0.297. The molecule has 0 amide bonds. The average Bonchev–Trinajstić information content (AvgIpc) is 2.34. The first-order valence-electron chi connectivity index (χ1n) is 6.55. The molecule has 0 aromatic heterocycles. The van der Waals surface area contributed by atoms with E-state index in [2.05, 4.69) is 4.90 Å². The lowest BCUT2D eigenvalue weighted by Crippen LogP contribution is -2.59. The van der Waals surface area contributed by atoms with E-state index in [0.29, 0.717) is 12.1 Å². The van der Waals surface area contributed by atoms with Crippen molar-refractivity contribution in [2.75, 3.05) is 26.3 Å². The Kier molecular flexibility index (Phi) is 3.73. The van der Waals surface area contributed by atoms with Crippen molar-refractivity contribution in [3.8, 4) is 5.75 Å². The summed E-state index contributed by atoms with van der Waals surface area (Å²) in [6, 6.07) is 8.20. The molecule has 3 rings (SSSR count). The van der Waals surface area contributed by atoms with Crippen LogP contribution in [0.1, 0.15) is 12.8 Å². The minimum Gasteiger partial charge on any atom is -0.488 e. The van der Waals surface area contributed by atoms with Gasteiger partial charge in [0.25, 0.3) is 0 Å². The molecule has 0 N–H and O–H groups in total. The third-order valence-electron chi connectivity index (χ3n) is 3.63. The lowest BCUT2D eigenvalue weighted by Gasteiger charge is -2.45. The summed E-state index contributed by atoms with van der Waals surface area (Å²) in [5.74, 6) is 0.868. The molecule has 0 aliphatic carbocycles. The summed E-state index contributed by atoms with van der Waals surface area (Å²) in [6.07, 6.45) is 2.73. The Morgan fingerprint density at radius 1 is 1.33 bits per heavy atom. The maximum Gasteiger partial charge on any atom is 0.124 e. The van der Waals surface area contributed by atoms with Gasteiger partial charge in [0.15, 0.2) is 0 Å². The molecule has 0 radical (unpaired) electrons. The van der Waals surface area contributed by atoms with Crippen molar-refractivity contribution < 1.29 is 9.47 Å². The number of halogens is 1. The van der Waals surface area contributed by atoms with Gasteiger partial charge in [-0.1, -0.05) is 17.7 Å². The van der Waals surface area contributed by atoms with Gasteiger partial charge >= 0.3 is 0 Å². The largest absolute Gasteiger partial charge is 0.488 e. The van der Waals surface area contributed by atoms with E-state index in [4.69, 9.17) is 21.1 Å². The van der Waals surface area contributed by atoms with Gasteiger partial charge in [0, 0.05) is 30.8 Å². The quantitative estimate of drug-likeness (QED) is 0.840. The molecule has 3 nitrogen and oxygen atoms in total. The topological polar surface area (TPSA) is 21.7 Å². The fourth-order valence-corrected chi connectivity index (χ4v) is 2.77. The van der Waals surface area contributed by atoms with Crippen molar-refractivity contribution in [1.29, 1.82) is 0 Å². The van der Waals surface area contributed by atoms with Crippen LogP contribution < -0.4 is 4.74 Å². The van der Waals surface area contributed by atoms with Crippen LogP contribution in [-0.4, -0.2) is 43.3 Å². The van der Waals surface area contributed by atoms with Gasteiger partial charge in [-0.3, -0.25) is 4.90 Å². The van der Waals surface area contributed by atoms with Gasteiger partial charge in [-0.05, 0) is 31.0 Å². The number of benzene rings is 1. The molecule has 2 fully saturated rings. The Morgan fingerprint density at radius 2 is 2.22 bits per heavy atom. The first-order chi connectivity index (χ1) is 8.81. The molecule has 1 atom stereocenters. The Hall–Kier alpha value is -0.770. The highest BCUT2D eigenvalue weighted by molar-refractivity contribution is 6.30. The zero-order valence-corrected chi connectivity index (χ0v) is 11.1. The third kappa shape index (κ3) is 2.79. The molecule has 0 bridgehead atoms. The number of hydrogen-bond acceptors (Lipinski definition) is 3. The van der Waals surface area contributed by atoms with Crippen LogP contribution in [0.25, 0.3) is 0 Å². The van der Waals surface area contributed by atoms with E-state index in [1.165, 1.54) is 12.8 Å². The minimum absolute atomic E-state index is 0.297. The summed E-state index contributed by atoms with van der Waals surface area (Å²) >= 11 is 5.93. The van der Waals surface area contributed by atoms with Crippen LogP contribution in [0.15, 0.2) is 24.3 Å². The molecular formula is C14H18ClNO2. The summed E-state index contributed by atoms with van der Waals surface area (Å²) in [5.41, 5.74) is 0. The Morgan fingerprint density at radius 3 is 2.94 bits per heavy atom. The molecule has 2 saturated heterocycles. The van der Waals surface area contributed by atoms with Gasteiger partial charge < -0.3 is 9.47 Å². The Bertz CT molecular complexity index is 401. The van der Waals surface area contributed by atoms with Crippen LogP contribution >= 0.6 is 11.6 Å². The lowest BCUT2D eigenvalue weighted by molar-refractivity contribution is -0.0567. The van der Waals surface area contributed by atoms with Crippen LogP contribution in [0, 0.1) is 0 Å². The second kappa shape index (κ2) is 5.47. The Labute approximate surface area is 113 Å². The number of likely N-dealkylation sites (tertiary alicyclic amines) is 1. The molecule has 0 spiro atoms. The van der Waals surface area contributed by atoms with E-state index in [1.54, 1.807) is 0 Å². The van der Waals surface area contributed by atoms with Gasteiger partial charge in [0.1, 0.15) is 11.9 Å². The van der Waals surface area contributed by atoms with Crippen molar-refractivity contribution in [2.45, 2.75) is 25.0 Å². The van der Waals surface area contributed by atoms with Gasteiger partial charge in [0.2, 0.25) is 0 Å². The Balaban J connectivity index is 1.47. The van der Waals surface area contributed by atoms with E-state index in [0.717, 1.165) is 37.1 Å². The molecule has 1 aromatic carbocycles. The molecule has 4 heteroatoms. The number of hydrogen-bond donors (Lipinski definition) is 0. The first-order valence-corrected chi connectivity index (χ1v) is 6.93. The fraction of sp³-hybridized carbons (Fsp3) is 0.571. The smallest absolute Gasteiger partial charge is 0.124 e. The third-order valence-corrected chi connectivity index (χ3v) is 3.86. The molecule has 2 heterocycles. The zero-order chi connectivity index (χ0) is 12.4. The van der Waals surface area contributed by atoms with Crippen molar-refractivity contribution >= 4 is 11.6 Å². The fourth-order valence-electron chi connectivity index (χ4n) is 2.59. The first kappa shape index (κ1) is 12.3. The average molecular weight is 268 g/mol. The van der Waals surface area contributed by atoms with Crippen LogP contribution in [0.2, 0.25) is 5.02 Å². The summed E-state index contributed by atoms with van der Waals surface area (Å²) in [4.78, 5) is 2.45. The lowest BCUT2D eigenvalue weighted by atomic mass is 10.0. The molecule has 98 valence electrons. The van der Waals surface area contributed by atoms with E-state index < -0.39 is 0 Å². The number of rotatable bonds is 3. The highest BCUT2D eigenvalue weighted by Gasteiger charge is 2.34. The second-order valence-electron chi connectivity index (χ2n) is 5.02. The van der Waals surface area contributed by atoms with Gasteiger partial charge in [-0.25, -0.2) is 0 Å². The van der Waals surface area contributed by atoms with Crippen LogP contribution in [0.3, 0.4) is 0 Å². The second-order valence-corrected chi connectivity index (χ2v) is 5.46.